The summed E-state index contributed by atoms with van der Waals surface area (Å²) in [6, 6.07) is 12.9. The van der Waals surface area contributed by atoms with Crippen LogP contribution in [0.2, 0.25) is 5.02 Å². The van der Waals surface area contributed by atoms with E-state index in [4.69, 9.17) is 11.6 Å². The number of hydrogen-bond acceptors (Lipinski definition) is 2. The Labute approximate surface area is 146 Å². The van der Waals surface area contributed by atoms with Gasteiger partial charge in [0.05, 0.1) is 5.92 Å². The van der Waals surface area contributed by atoms with Crippen molar-refractivity contribution in [2.45, 2.75) is 20.3 Å². The van der Waals surface area contributed by atoms with Crippen molar-refractivity contribution < 1.29 is 9.59 Å². The molecule has 1 heterocycles. The fourth-order valence-corrected chi connectivity index (χ4v) is 3.00. The van der Waals surface area contributed by atoms with Gasteiger partial charge in [0.15, 0.2) is 0 Å². The summed E-state index contributed by atoms with van der Waals surface area (Å²) in [6.45, 7) is 4.37. The largest absolute Gasteiger partial charge is 0.326 e. The number of aryl methyl sites for hydroxylation is 1. The summed E-state index contributed by atoms with van der Waals surface area (Å²) in [5.41, 5.74) is 3.74. The van der Waals surface area contributed by atoms with Crippen LogP contribution < -0.4 is 10.2 Å². The van der Waals surface area contributed by atoms with Gasteiger partial charge >= 0.3 is 0 Å². The molecule has 2 amide bonds. The van der Waals surface area contributed by atoms with E-state index in [9.17, 15) is 9.59 Å². The van der Waals surface area contributed by atoms with Gasteiger partial charge in [-0.05, 0) is 55.3 Å². The lowest BCUT2D eigenvalue weighted by molar-refractivity contribution is -0.122. The fraction of sp³-hybridized carbons (Fsp3) is 0.263. The minimum Gasteiger partial charge on any atom is -0.326 e. The maximum atomic E-state index is 12.5. The number of benzene rings is 2. The highest BCUT2D eigenvalue weighted by Crippen LogP contribution is 2.27. The zero-order valence-electron chi connectivity index (χ0n) is 13.7. The van der Waals surface area contributed by atoms with E-state index < -0.39 is 0 Å². The predicted molar refractivity (Wildman–Crippen MR) is 96.5 cm³/mol. The molecule has 1 fully saturated rings. The van der Waals surface area contributed by atoms with Crippen molar-refractivity contribution in [2.24, 2.45) is 5.92 Å². The molecule has 1 atom stereocenters. The number of nitrogens with zero attached hydrogens (tertiary/aromatic N) is 1. The summed E-state index contributed by atoms with van der Waals surface area (Å²) < 4.78 is 0. The first-order valence-corrected chi connectivity index (χ1v) is 8.26. The summed E-state index contributed by atoms with van der Waals surface area (Å²) >= 11 is 5.88. The zero-order chi connectivity index (χ0) is 17.3. The van der Waals surface area contributed by atoms with Gasteiger partial charge < -0.3 is 10.2 Å². The second kappa shape index (κ2) is 6.65. The molecule has 1 unspecified atom stereocenters. The van der Waals surface area contributed by atoms with Crippen molar-refractivity contribution in [2.75, 3.05) is 16.8 Å². The molecule has 5 heteroatoms. The standard InChI is InChI=1S/C19H19ClN2O2/c1-12-4-3-5-17(13(12)2)21-19(24)14-10-18(23)22(11-14)16-8-6-15(20)7-9-16/h3-9,14H,10-11H2,1-2H3,(H,21,24). The van der Waals surface area contributed by atoms with Gasteiger partial charge in [0, 0.05) is 29.4 Å². The Bertz CT molecular complexity index is 786. The van der Waals surface area contributed by atoms with Gasteiger partial charge in [0.1, 0.15) is 0 Å². The van der Waals surface area contributed by atoms with E-state index in [0.717, 1.165) is 22.5 Å². The monoisotopic (exact) mass is 342 g/mol. The molecular weight excluding hydrogens is 324 g/mol. The maximum Gasteiger partial charge on any atom is 0.229 e. The number of nitrogens with one attached hydrogen (secondary N) is 1. The van der Waals surface area contributed by atoms with Gasteiger partial charge in [-0.3, -0.25) is 9.59 Å². The average molecular weight is 343 g/mol. The van der Waals surface area contributed by atoms with E-state index in [-0.39, 0.29) is 24.2 Å². The van der Waals surface area contributed by atoms with Gasteiger partial charge in [-0.15, -0.1) is 0 Å². The molecule has 124 valence electrons. The van der Waals surface area contributed by atoms with Crippen molar-refractivity contribution in [3.8, 4) is 0 Å². The molecule has 0 bridgehead atoms. The van der Waals surface area contributed by atoms with Crippen molar-refractivity contribution >= 4 is 34.8 Å². The van der Waals surface area contributed by atoms with Crippen LogP contribution in [-0.4, -0.2) is 18.4 Å². The molecule has 2 aromatic rings. The Morgan fingerprint density at radius 2 is 1.88 bits per heavy atom. The highest BCUT2D eigenvalue weighted by Gasteiger charge is 2.35. The number of hydrogen-bond donors (Lipinski definition) is 1. The molecule has 4 nitrogen and oxygen atoms in total. The number of anilines is 2. The summed E-state index contributed by atoms with van der Waals surface area (Å²) in [5.74, 6) is -0.514. The van der Waals surface area contributed by atoms with Gasteiger partial charge in [0.25, 0.3) is 0 Å². The van der Waals surface area contributed by atoms with Crippen LogP contribution in [0.1, 0.15) is 17.5 Å². The lowest BCUT2D eigenvalue weighted by Crippen LogP contribution is -2.28. The molecule has 0 spiro atoms. The number of amides is 2. The van der Waals surface area contributed by atoms with Crippen molar-refractivity contribution in [3.05, 3.63) is 58.6 Å². The average Bonchev–Trinajstić information content (AvgIpc) is 2.94. The molecule has 1 aliphatic heterocycles. The third-order valence-corrected chi connectivity index (χ3v) is 4.75. The molecule has 2 aromatic carbocycles. The van der Waals surface area contributed by atoms with E-state index in [1.165, 1.54) is 0 Å². The Kier molecular flexibility index (Phi) is 4.58. The Morgan fingerprint density at radius 1 is 1.17 bits per heavy atom. The molecule has 0 aliphatic carbocycles. The van der Waals surface area contributed by atoms with Crippen molar-refractivity contribution in [1.29, 1.82) is 0 Å². The highest BCUT2D eigenvalue weighted by molar-refractivity contribution is 6.30. The summed E-state index contributed by atoms with van der Waals surface area (Å²) in [6.07, 6.45) is 0.222. The van der Waals surface area contributed by atoms with Gasteiger partial charge in [-0.25, -0.2) is 0 Å². The van der Waals surface area contributed by atoms with Crippen LogP contribution in [0.3, 0.4) is 0 Å². The van der Waals surface area contributed by atoms with E-state index in [0.29, 0.717) is 11.6 Å². The quantitative estimate of drug-likeness (QED) is 0.918. The van der Waals surface area contributed by atoms with E-state index >= 15 is 0 Å². The molecule has 1 N–H and O–H groups in total. The molecule has 0 radical (unpaired) electrons. The van der Waals surface area contributed by atoms with Crippen LogP contribution in [0.4, 0.5) is 11.4 Å². The van der Waals surface area contributed by atoms with Crippen LogP contribution in [0.25, 0.3) is 0 Å². The zero-order valence-corrected chi connectivity index (χ0v) is 14.4. The molecular formula is C19H19ClN2O2. The van der Waals surface area contributed by atoms with Crippen LogP contribution in [0.15, 0.2) is 42.5 Å². The summed E-state index contributed by atoms with van der Waals surface area (Å²) in [5, 5.41) is 3.58. The van der Waals surface area contributed by atoms with Crippen LogP contribution in [0, 0.1) is 19.8 Å². The fourth-order valence-electron chi connectivity index (χ4n) is 2.88. The van der Waals surface area contributed by atoms with Crippen LogP contribution in [-0.2, 0) is 9.59 Å². The van der Waals surface area contributed by atoms with Gasteiger partial charge in [0.2, 0.25) is 11.8 Å². The summed E-state index contributed by atoms with van der Waals surface area (Å²) in [4.78, 5) is 26.4. The van der Waals surface area contributed by atoms with E-state index in [2.05, 4.69) is 5.32 Å². The third-order valence-electron chi connectivity index (χ3n) is 4.50. The van der Waals surface area contributed by atoms with Crippen molar-refractivity contribution in [1.82, 2.24) is 0 Å². The predicted octanol–water partition coefficient (Wildman–Crippen LogP) is 3.95. The minimum atomic E-state index is -0.354. The molecule has 0 saturated carbocycles. The number of carbonyl (C=O) groups is 2. The molecule has 1 aliphatic rings. The normalized spacial score (nSPS) is 17.2. The third kappa shape index (κ3) is 3.29. The minimum absolute atomic E-state index is 0.0431. The number of rotatable bonds is 3. The Morgan fingerprint density at radius 3 is 2.58 bits per heavy atom. The van der Waals surface area contributed by atoms with Crippen molar-refractivity contribution in [3.63, 3.8) is 0 Å². The topological polar surface area (TPSA) is 49.4 Å². The number of halogens is 1. The SMILES string of the molecule is Cc1cccc(NC(=O)C2CC(=O)N(c3ccc(Cl)cc3)C2)c1C. The Balaban J connectivity index is 1.72. The molecule has 0 aromatic heterocycles. The Hall–Kier alpha value is -2.33. The lowest BCUT2D eigenvalue weighted by Gasteiger charge is -2.17. The first-order chi connectivity index (χ1) is 11.5. The van der Waals surface area contributed by atoms with Crippen LogP contribution >= 0.6 is 11.6 Å². The number of carbonyl (C=O) groups excluding carboxylic acids is 2. The first-order valence-electron chi connectivity index (χ1n) is 7.88. The first kappa shape index (κ1) is 16.5. The molecule has 1 saturated heterocycles. The van der Waals surface area contributed by atoms with E-state index in [1.54, 1.807) is 29.2 Å². The van der Waals surface area contributed by atoms with E-state index in [1.807, 2.05) is 32.0 Å². The lowest BCUT2D eigenvalue weighted by atomic mass is 10.1. The maximum absolute atomic E-state index is 12.5. The molecule has 3 rings (SSSR count). The van der Waals surface area contributed by atoms with Gasteiger partial charge in [-0.1, -0.05) is 23.7 Å². The second-order valence-corrected chi connectivity index (χ2v) is 6.55. The van der Waals surface area contributed by atoms with Gasteiger partial charge in [-0.2, -0.15) is 0 Å². The second-order valence-electron chi connectivity index (χ2n) is 6.12. The van der Waals surface area contributed by atoms with Crippen LogP contribution in [0.5, 0.6) is 0 Å². The molecule has 24 heavy (non-hydrogen) atoms. The summed E-state index contributed by atoms with van der Waals surface area (Å²) in [7, 11) is 0. The highest BCUT2D eigenvalue weighted by atomic mass is 35.5. The smallest absolute Gasteiger partial charge is 0.229 e.